The van der Waals surface area contributed by atoms with E-state index in [0.29, 0.717) is 24.0 Å². The van der Waals surface area contributed by atoms with Gasteiger partial charge in [0.2, 0.25) is 0 Å². The average Bonchev–Trinajstić information content (AvgIpc) is 2.79. The Balaban J connectivity index is 1.76. The molecule has 3 aliphatic rings. The third-order valence-electron chi connectivity index (χ3n) is 6.56. The van der Waals surface area contributed by atoms with E-state index < -0.39 is 5.60 Å². The second-order valence-electron chi connectivity index (χ2n) is 7.40. The molecule has 4 atom stereocenters. The predicted molar refractivity (Wildman–Crippen MR) is 86.5 cm³/mol. The van der Waals surface area contributed by atoms with E-state index in [0.717, 1.165) is 25.7 Å². The van der Waals surface area contributed by atoms with Crippen molar-refractivity contribution in [3.8, 4) is 18.1 Å². The van der Waals surface area contributed by atoms with E-state index in [1.807, 2.05) is 6.07 Å². The Morgan fingerprint density at radius 2 is 2.09 bits per heavy atom. The number of aliphatic hydroxyl groups is 1. The van der Waals surface area contributed by atoms with E-state index in [-0.39, 0.29) is 5.41 Å². The summed E-state index contributed by atoms with van der Waals surface area (Å²) in [5.41, 5.74) is 2.91. The lowest BCUT2D eigenvalue weighted by Gasteiger charge is -2.48. The highest BCUT2D eigenvalue weighted by Crippen LogP contribution is 2.62. The van der Waals surface area contributed by atoms with Gasteiger partial charge in [-0.1, -0.05) is 30.6 Å². The molecule has 0 amide bonds. The van der Waals surface area contributed by atoms with Gasteiger partial charge in [-0.3, -0.25) is 0 Å². The molecule has 0 unspecified atom stereocenters. The minimum Gasteiger partial charge on any atom is -0.508 e. The van der Waals surface area contributed by atoms with Crippen molar-refractivity contribution in [3.63, 3.8) is 0 Å². The standard InChI is InChI=1S/C20H22O2/c1-3-20(22)11-9-18-17-6-4-13-12-14(21)5-7-15(13)16(17)8-10-19(18,20)2/h1,5-7,12,16,18,21-22H,4,8-11H2,2H3/t16-,18+,19+,20+/m1/s1. The maximum absolute atomic E-state index is 10.9. The Morgan fingerprint density at radius 1 is 1.27 bits per heavy atom. The van der Waals surface area contributed by atoms with Crippen molar-refractivity contribution in [2.75, 3.05) is 0 Å². The Hall–Kier alpha value is -1.72. The molecule has 1 aromatic rings. The SMILES string of the molecule is C#C[C@]1(O)CC[C@H]2C3=CCc4cc(O)ccc4[C@H]3CC[C@@]21C. The van der Waals surface area contributed by atoms with Gasteiger partial charge >= 0.3 is 0 Å². The van der Waals surface area contributed by atoms with Crippen LogP contribution in [0.15, 0.2) is 29.8 Å². The Labute approximate surface area is 131 Å². The van der Waals surface area contributed by atoms with E-state index in [1.165, 1.54) is 16.7 Å². The molecule has 2 nitrogen and oxygen atoms in total. The molecular formula is C20H22O2. The van der Waals surface area contributed by atoms with Gasteiger partial charge in [0.05, 0.1) is 0 Å². The number of fused-ring (bicyclic) bond motifs is 5. The zero-order valence-electron chi connectivity index (χ0n) is 13.0. The maximum Gasteiger partial charge on any atom is 0.131 e. The molecule has 0 saturated heterocycles. The molecule has 114 valence electrons. The van der Waals surface area contributed by atoms with Crippen molar-refractivity contribution in [3.05, 3.63) is 41.0 Å². The molecule has 2 fully saturated rings. The second-order valence-corrected chi connectivity index (χ2v) is 7.40. The van der Waals surface area contributed by atoms with Crippen molar-refractivity contribution in [2.45, 2.75) is 50.5 Å². The quantitative estimate of drug-likeness (QED) is 0.567. The lowest BCUT2D eigenvalue weighted by Crippen LogP contribution is -2.47. The molecule has 3 aliphatic carbocycles. The van der Waals surface area contributed by atoms with Crippen LogP contribution in [0.5, 0.6) is 5.75 Å². The minimum absolute atomic E-state index is 0.196. The highest BCUT2D eigenvalue weighted by atomic mass is 16.3. The van der Waals surface area contributed by atoms with Gasteiger partial charge < -0.3 is 10.2 Å². The summed E-state index contributed by atoms with van der Waals surface area (Å²) >= 11 is 0. The first kappa shape index (κ1) is 13.9. The molecule has 1 aromatic carbocycles. The van der Waals surface area contributed by atoms with Gasteiger partial charge in [0.15, 0.2) is 0 Å². The summed E-state index contributed by atoms with van der Waals surface area (Å²) in [6, 6.07) is 5.76. The van der Waals surface area contributed by atoms with Crippen molar-refractivity contribution < 1.29 is 10.2 Å². The number of hydrogen-bond donors (Lipinski definition) is 2. The molecule has 0 radical (unpaired) electrons. The fraction of sp³-hybridized carbons (Fsp3) is 0.500. The van der Waals surface area contributed by atoms with E-state index in [1.54, 1.807) is 6.07 Å². The zero-order valence-corrected chi connectivity index (χ0v) is 13.0. The van der Waals surface area contributed by atoms with Gasteiger partial charge in [0.25, 0.3) is 0 Å². The van der Waals surface area contributed by atoms with Crippen LogP contribution in [0.25, 0.3) is 0 Å². The lowest BCUT2D eigenvalue weighted by molar-refractivity contribution is -0.0298. The highest BCUT2D eigenvalue weighted by molar-refractivity contribution is 5.48. The normalized spacial score (nSPS) is 39.2. The molecule has 0 aliphatic heterocycles. The first-order chi connectivity index (χ1) is 10.5. The summed E-state index contributed by atoms with van der Waals surface area (Å²) in [4.78, 5) is 0. The summed E-state index contributed by atoms with van der Waals surface area (Å²) in [7, 11) is 0. The van der Waals surface area contributed by atoms with Gasteiger partial charge in [-0.2, -0.15) is 0 Å². The van der Waals surface area contributed by atoms with Gasteiger partial charge in [-0.25, -0.2) is 0 Å². The Kier molecular flexibility index (Phi) is 2.78. The lowest BCUT2D eigenvalue weighted by atomic mass is 9.57. The average molecular weight is 294 g/mol. The number of terminal acetylenes is 1. The van der Waals surface area contributed by atoms with Crippen LogP contribution in [0.4, 0.5) is 0 Å². The molecule has 4 rings (SSSR count). The van der Waals surface area contributed by atoms with Gasteiger partial charge in [0, 0.05) is 11.3 Å². The molecular weight excluding hydrogens is 272 g/mol. The predicted octanol–water partition coefficient (Wildman–Crippen LogP) is 3.53. The summed E-state index contributed by atoms with van der Waals surface area (Å²) in [6.45, 7) is 2.17. The summed E-state index contributed by atoms with van der Waals surface area (Å²) in [5.74, 6) is 3.86. The van der Waals surface area contributed by atoms with Gasteiger partial charge in [0.1, 0.15) is 11.4 Å². The van der Waals surface area contributed by atoms with E-state index in [9.17, 15) is 10.2 Å². The molecule has 22 heavy (non-hydrogen) atoms. The third kappa shape index (κ3) is 1.61. The molecule has 2 heteroatoms. The molecule has 2 N–H and O–H groups in total. The number of benzene rings is 1. The number of phenols is 1. The molecule has 2 saturated carbocycles. The molecule has 0 spiro atoms. The topological polar surface area (TPSA) is 40.5 Å². The largest absolute Gasteiger partial charge is 0.508 e. The van der Waals surface area contributed by atoms with E-state index in [4.69, 9.17) is 6.42 Å². The van der Waals surface area contributed by atoms with Crippen molar-refractivity contribution in [1.82, 2.24) is 0 Å². The number of allylic oxidation sites excluding steroid dienone is 2. The van der Waals surface area contributed by atoms with Crippen molar-refractivity contribution >= 4 is 0 Å². The number of phenolic OH excluding ortho intramolecular Hbond substituents is 1. The minimum atomic E-state index is -0.960. The van der Waals surface area contributed by atoms with Gasteiger partial charge in [-0.05, 0) is 61.3 Å². The van der Waals surface area contributed by atoms with Crippen LogP contribution in [-0.2, 0) is 6.42 Å². The smallest absolute Gasteiger partial charge is 0.131 e. The summed E-state index contributed by atoms with van der Waals surface area (Å²) < 4.78 is 0. The monoisotopic (exact) mass is 294 g/mol. The van der Waals surface area contributed by atoms with Crippen molar-refractivity contribution in [2.24, 2.45) is 11.3 Å². The fourth-order valence-corrected chi connectivity index (χ4v) is 5.21. The zero-order chi connectivity index (χ0) is 15.5. The first-order valence-corrected chi connectivity index (χ1v) is 8.20. The number of hydrogen-bond acceptors (Lipinski definition) is 2. The molecule has 0 bridgehead atoms. The summed E-state index contributed by atoms with van der Waals surface area (Å²) in [6.07, 6.45) is 12.5. The molecule has 0 heterocycles. The Morgan fingerprint density at radius 3 is 2.86 bits per heavy atom. The van der Waals surface area contributed by atoms with Crippen molar-refractivity contribution in [1.29, 1.82) is 0 Å². The van der Waals surface area contributed by atoms with Crippen LogP contribution >= 0.6 is 0 Å². The third-order valence-corrected chi connectivity index (χ3v) is 6.56. The maximum atomic E-state index is 10.9. The summed E-state index contributed by atoms with van der Waals surface area (Å²) in [5, 5.41) is 20.6. The van der Waals surface area contributed by atoms with E-state index in [2.05, 4.69) is 25.0 Å². The van der Waals surface area contributed by atoms with Gasteiger partial charge in [-0.15, -0.1) is 6.42 Å². The highest BCUT2D eigenvalue weighted by Gasteiger charge is 2.59. The first-order valence-electron chi connectivity index (χ1n) is 8.20. The van der Waals surface area contributed by atoms with Crippen LogP contribution < -0.4 is 0 Å². The number of aromatic hydroxyl groups is 1. The van der Waals surface area contributed by atoms with Crippen LogP contribution in [0, 0.1) is 23.7 Å². The van der Waals surface area contributed by atoms with Crippen LogP contribution in [0.2, 0.25) is 0 Å². The van der Waals surface area contributed by atoms with E-state index >= 15 is 0 Å². The molecule has 0 aromatic heterocycles. The van der Waals surface area contributed by atoms with Crippen LogP contribution in [0.1, 0.15) is 49.7 Å². The van der Waals surface area contributed by atoms with Crippen LogP contribution in [-0.4, -0.2) is 15.8 Å². The number of rotatable bonds is 0. The second kappa shape index (κ2) is 4.40. The fourth-order valence-electron chi connectivity index (χ4n) is 5.21. The Bertz CT molecular complexity index is 711. The van der Waals surface area contributed by atoms with Crippen LogP contribution in [0.3, 0.4) is 0 Å².